The Labute approximate surface area is 118 Å². The summed E-state index contributed by atoms with van der Waals surface area (Å²) < 4.78 is 0. The van der Waals surface area contributed by atoms with Gasteiger partial charge in [-0.05, 0) is 31.7 Å². The van der Waals surface area contributed by atoms with Gasteiger partial charge in [0.05, 0.1) is 18.2 Å². The predicted octanol–water partition coefficient (Wildman–Crippen LogP) is 0.425. The second kappa shape index (κ2) is 7.04. The third-order valence-electron chi connectivity index (χ3n) is 3.37. The van der Waals surface area contributed by atoms with Crippen LogP contribution in [0.1, 0.15) is 41.6 Å². The summed E-state index contributed by atoms with van der Waals surface area (Å²) in [6.07, 6.45) is 6.02. The fourth-order valence-electron chi connectivity index (χ4n) is 2.27. The maximum Gasteiger partial charge on any atom is 0.253 e. The minimum Gasteiger partial charge on any atom is -0.393 e. The SMILES string of the molecule is NCC#Cc1cncc(C(=O)NC2CCC(O)CC2)c1. The zero-order valence-corrected chi connectivity index (χ0v) is 11.3. The molecule has 1 aliphatic rings. The van der Waals surface area contributed by atoms with Crippen molar-refractivity contribution in [3.8, 4) is 11.8 Å². The minimum absolute atomic E-state index is 0.129. The van der Waals surface area contributed by atoms with E-state index in [0.717, 1.165) is 25.7 Å². The fraction of sp³-hybridized carbons (Fsp3) is 0.467. The van der Waals surface area contributed by atoms with Gasteiger partial charge in [-0.3, -0.25) is 9.78 Å². The standard InChI is InChI=1S/C15H19N3O2/c16-7-1-2-11-8-12(10-17-9-11)15(20)18-13-3-5-14(19)6-4-13/h8-10,13-14,19H,3-7,16H2,(H,18,20). The number of aliphatic hydroxyl groups excluding tert-OH is 1. The Hall–Kier alpha value is -1.90. The highest BCUT2D eigenvalue weighted by atomic mass is 16.3. The molecule has 0 unspecified atom stereocenters. The maximum absolute atomic E-state index is 12.1. The normalized spacial score (nSPS) is 21.7. The van der Waals surface area contributed by atoms with Gasteiger partial charge < -0.3 is 16.2 Å². The number of hydrogen-bond acceptors (Lipinski definition) is 4. The van der Waals surface area contributed by atoms with Crippen LogP contribution in [0.4, 0.5) is 0 Å². The number of pyridine rings is 1. The van der Waals surface area contributed by atoms with Crippen LogP contribution in [0.2, 0.25) is 0 Å². The Bertz CT molecular complexity index is 525. The van der Waals surface area contributed by atoms with E-state index in [4.69, 9.17) is 5.73 Å². The van der Waals surface area contributed by atoms with Gasteiger partial charge >= 0.3 is 0 Å². The highest BCUT2D eigenvalue weighted by Crippen LogP contribution is 2.18. The summed E-state index contributed by atoms with van der Waals surface area (Å²) in [4.78, 5) is 16.2. The molecule has 2 rings (SSSR count). The van der Waals surface area contributed by atoms with E-state index < -0.39 is 0 Å². The smallest absolute Gasteiger partial charge is 0.253 e. The molecule has 0 aromatic carbocycles. The molecule has 0 bridgehead atoms. The lowest BCUT2D eigenvalue weighted by Gasteiger charge is -2.26. The van der Waals surface area contributed by atoms with Gasteiger partial charge in [0, 0.05) is 24.0 Å². The van der Waals surface area contributed by atoms with Crippen molar-refractivity contribution in [1.82, 2.24) is 10.3 Å². The van der Waals surface area contributed by atoms with E-state index in [1.807, 2.05) is 0 Å². The van der Waals surface area contributed by atoms with Gasteiger partial charge in [-0.2, -0.15) is 0 Å². The molecule has 5 heteroatoms. The highest BCUT2D eigenvalue weighted by molar-refractivity contribution is 5.94. The minimum atomic E-state index is -0.223. The molecule has 0 atom stereocenters. The molecular formula is C15H19N3O2. The van der Waals surface area contributed by atoms with E-state index in [1.54, 1.807) is 12.3 Å². The third-order valence-corrected chi connectivity index (χ3v) is 3.37. The van der Waals surface area contributed by atoms with E-state index in [9.17, 15) is 9.90 Å². The number of nitrogens with one attached hydrogen (secondary N) is 1. The first-order chi connectivity index (χ1) is 9.69. The summed E-state index contributed by atoms with van der Waals surface area (Å²) in [5, 5.41) is 12.4. The number of nitrogens with two attached hydrogens (primary N) is 1. The molecule has 106 valence electrons. The number of aliphatic hydroxyl groups is 1. The van der Waals surface area contributed by atoms with Gasteiger partial charge in [0.25, 0.3) is 5.91 Å². The maximum atomic E-state index is 12.1. The molecule has 0 saturated heterocycles. The van der Waals surface area contributed by atoms with Crippen LogP contribution in [-0.4, -0.2) is 34.7 Å². The molecule has 1 heterocycles. The van der Waals surface area contributed by atoms with Gasteiger partial charge in [-0.15, -0.1) is 0 Å². The highest BCUT2D eigenvalue weighted by Gasteiger charge is 2.21. The third kappa shape index (κ3) is 4.05. The van der Waals surface area contributed by atoms with E-state index in [2.05, 4.69) is 22.1 Å². The topological polar surface area (TPSA) is 88.2 Å². The lowest BCUT2D eigenvalue weighted by Crippen LogP contribution is -2.38. The Morgan fingerprint density at radius 1 is 1.40 bits per heavy atom. The molecule has 0 aliphatic heterocycles. The van der Waals surface area contributed by atoms with Crippen molar-refractivity contribution in [1.29, 1.82) is 0 Å². The van der Waals surface area contributed by atoms with Crippen LogP contribution in [-0.2, 0) is 0 Å². The van der Waals surface area contributed by atoms with Gasteiger partial charge in [0.1, 0.15) is 0 Å². The summed E-state index contributed by atoms with van der Waals surface area (Å²) in [6.45, 7) is 0.279. The van der Waals surface area contributed by atoms with Crippen molar-refractivity contribution in [3.63, 3.8) is 0 Å². The number of carbonyl (C=O) groups is 1. The number of aromatic nitrogens is 1. The van der Waals surface area contributed by atoms with Gasteiger partial charge in [0.2, 0.25) is 0 Å². The van der Waals surface area contributed by atoms with E-state index >= 15 is 0 Å². The summed E-state index contributed by atoms with van der Waals surface area (Å²) in [6, 6.07) is 1.84. The number of hydrogen-bond donors (Lipinski definition) is 3. The van der Waals surface area contributed by atoms with Crippen molar-refractivity contribution in [3.05, 3.63) is 29.6 Å². The molecule has 1 aliphatic carbocycles. The summed E-state index contributed by atoms with van der Waals surface area (Å²) in [5.41, 5.74) is 6.50. The number of rotatable bonds is 2. The summed E-state index contributed by atoms with van der Waals surface area (Å²) >= 11 is 0. The zero-order chi connectivity index (χ0) is 14.4. The van der Waals surface area contributed by atoms with Crippen LogP contribution in [0.15, 0.2) is 18.5 Å². The van der Waals surface area contributed by atoms with E-state index in [1.165, 1.54) is 6.20 Å². The Morgan fingerprint density at radius 3 is 2.85 bits per heavy atom. The molecule has 20 heavy (non-hydrogen) atoms. The molecule has 0 radical (unpaired) electrons. The molecule has 1 saturated carbocycles. The van der Waals surface area contributed by atoms with Crippen molar-refractivity contribution >= 4 is 5.91 Å². The summed E-state index contributed by atoms with van der Waals surface area (Å²) in [7, 11) is 0. The van der Waals surface area contributed by atoms with Crippen molar-refractivity contribution in [2.75, 3.05) is 6.54 Å². The predicted molar refractivity (Wildman–Crippen MR) is 75.9 cm³/mol. The Morgan fingerprint density at radius 2 is 2.15 bits per heavy atom. The first-order valence-corrected chi connectivity index (χ1v) is 6.82. The molecule has 5 nitrogen and oxygen atoms in total. The van der Waals surface area contributed by atoms with Crippen LogP contribution >= 0.6 is 0 Å². The molecule has 1 fully saturated rings. The van der Waals surface area contributed by atoms with E-state index in [-0.39, 0.29) is 24.6 Å². The van der Waals surface area contributed by atoms with Crippen molar-refractivity contribution in [2.45, 2.75) is 37.8 Å². The van der Waals surface area contributed by atoms with Crippen LogP contribution in [0, 0.1) is 11.8 Å². The van der Waals surface area contributed by atoms with Crippen LogP contribution in [0.25, 0.3) is 0 Å². The molecule has 1 amide bonds. The van der Waals surface area contributed by atoms with Gasteiger partial charge in [-0.1, -0.05) is 11.8 Å². The lowest BCUT2D eigenvalue weighted by molar-refractivity contribution is 0.0867. The van der Waals surface area contributed by atoms with Gasteiger partial charge in [0.15, 0.2) is 0 Å². The van der Waals surface area contributed by atoms with Gasteiger partial charge in [-0.25, -0.2) is 0 Å². The zero-order valence-electron chi connectivity index (χ0n) is 11.3. The number of amides is 1. The average molecular weight is 273 g/mol. The van der Waals surface area contributed by atoms with Crippen molar-refractivity contribution < 1.29 is 9.90 Å². The van der Waals surface area contributed by atoms with Crippen LogP contribution in [0.3, 0.4) is 0 Å². The van der Waals surface area contributed by atoms with Crippen molar-refractivity contribution in [2.24, 2.45) is 5.73 Å². The molecule has 0 spiro atoms. The number of nitrogens with zero attached hydrogens (tertiary/aromatic N) is 1. The molecule has 4 N–H and O–H groups in total. The number of carbonyl (C=O) groups excluding carboxylic acids is 1. The fourth-order valence-corrected chi connectivity index (χ4v) is 2.27. The second-order valence-corrected chi connectivity index (χ2v) is 4.95. The molecular weight excluding hydrogens is 254 g/mol. The quantitative estimate of drug-likeness (QED) is 0.682. The molecule has 1 aromatic rings. The first-order valence-electron chi connectivity index (χ1n) is 6.82. The summed E-state index contributed by atoms with van der Waals surface area (Å²) in [5.74, 6) is 5.45. The Kier molecular flexibility index (Phi) is 5.10. The Balaban J connectivity index is 1.98. The largest absolute Gasteiger partial charge is 0.393 e. The molecule has 1 aromatic heterocycles. The average Bonchev–Trinajstić information content (AvgIpc) is 2.48. The van der Waals surface area contributed by atoms with Crippen LogP contribution < -0.4 is 11.1 Å². The second-order valence-electron chi connectivity index (χ2n) is 4.95. The monoisotopic (exact) mass is 273 g/mol. The lowest BCUT2D eigenvalue weighted by atomic mass is 9.93. The van der Waals surface area contributed by atoms with Crippen LogP contribution in [0.5, 0.6) is 0 Å². The van der Waals surface area contributed by atoms with E-state index in [0.29, 0.717) is 11.1 Å². The first kappa shape index (κ1) is 14.5.